The summed E-state index contributed by atoms with van der Waals surface area (Å²) in [6.07, 6.45) is -0.280. The fraction of sp³-hybridized carbons (Fsp3) is 0.125. The van der Waals surface area contributed by atoms with Crippen LogP contribution in [0.25, 0.3) is 0 Å². The Bertz CT molecular complexity index is 346. The standard InChI is InChI=1S/C8H9O4P.Na/c9-8(13(10,11)12)6-7-4-2-1-3-5-7;/h1-5H,6H2,(H2,10,11,12);/q;+1/p-1. The normalized spacial score (nSPS) is 13.9. The molecule has 1 aromatic carbocycles. The van der Waals surface area contributed by atoms with E-state index in [0.717, 1.165) is 0 Å². The first kappa shape index (κ1) is 14.0. The second-order valence-corrected chi connectivity index (χ2v) is 4.12. The molecule has 0 aliphatic rings. The zero-order valence-corrected chi connectivity index (χ0v) is 10.6. The van der Waals surface area contributed by atoms with E-state index >= 15 is 0 Å². The summed E-state index contributed by atoms with van der Waals surface area (Å²) in [6, 6.07) is 8.37. The summed E-state index contributed by atoms with van der Waals surface area (Å²) < 4.78 is 10.4. The number of hydrogen-bond donors (Lipinski definition) is 1. The minimum absolute atomic E-state index is 0. The van der Waals surface area contributed by atoms with Crippen molar-refractivity contribution in [2.75, 3.05) is 0 Å². The van der Waals surface area contributed by atoms with Crippen molar-refractivity contribution in [1.82, 2.24) is 0 Å². The van der Waals surface area contributed by atoms with Gasteiger partial charge in [0, 0.05) is 6.42 Å². The van der Waals surface area contributed by atoms with Crippen LogP contribution in [0, 0.1) is 0 Å². The predicted molar refractivity (Wildman–Crippen MR) is 45.0 cm³/mol. The molecule has 4 nitrogen and oxygen atoms in total. The Morgan fingerprint density at radius 2 is 1.86 bits per heavy atom. The quantitative estimate of drug-likeness (QED) is 0.446. The molecule has 0 fully saturated rings. The van der Waals surface area contributed by atoms with Crippen LogP contribution in [0.15, 0.2) is 30.3 Å². The molecule has 0 spiro atoms. The minimum Gasteiger partial charge on any atom is -0.773 e. The third-order valence-electron chi connectivity index (χ3n) is 1.51. The molecule has 0 aliphatic carbocycles. The van der Waals surface area contributed by atoms with E-state index in [-0.39, 0.29) is 36.0 Å². The van der Waals surface area contributed by atoms with E-state index in [9.17, 15) is 14.3 Å². The van der Waals surface area contributed by atoms with Crippen LogP contribution in [-0.4, -0.2) is 10.4 Å². The maximum atomic E-state index is 10.8. The molecule has 1 atom stereocenters. The van der Waals surface area contributed by atoms with Gasteiger partial charge in [-0.3, -0.25) is 4.79 Å². The van der Waals surface area contributed by atoms with Crippen LogP contribution in [0.1, 0.15) is 5.56 Å². The van der Waals surface area contributed by atoms with Crippen molar-refractivity contribution in [3.63, 3.8) is 0 Å². The van der Waals surface area contributed by atoms with Gasteiger partial charge in [0.15, 0.2) is 7.60 Å². The van der Waals surface area contributed by atoms with Gasteiger partial charge in [-0.1, -0.05) is 30.3 Å². The molecule has 0 saturated carbocycles. The van der Waals surface area contributed by atoms with Gasteiger partial charge in [0.2, 0.25) is 5.52 Å². The van der Waals surface area contributed by atoms with Gasteiger partial charge in [0.05, 0.1) is 0 Å². The predicted octanol–water partition coefficient (Wildman–Crippen LogP) is -2.69. The molecule has 1 rings (SSSR count). The van der Waals surface area contributed by atoms with Crippen LogP contribution in [0.4, 0.5) is 0 Å². The molecule has 0 aliphatic heterocycles. The van der Waals surface area contributed by atoms with Gasteiger partial charge in [0.25, 0.3) is 0 Å². The molecular formula is C8H8NaO4P. The average Bonchev–Trinajstić information content (AvgIpc) is 2.04. The van der Waals surface area contributed by atoms with E-state index in [1.807, 2.05) is 0 Å². The van der Waals surface area contributed by atoms with Crippen molar-refractivity contribution in [2.45, 2.75) is 6.42 Å². The van der Waals surface area contributed by atoms with Crippen LogP contribution in [0.5, 0.6) is 0 Å². The van der Waals surface area contributed by atoms with Crippen LogP contribution < -0.4 is 34.5 Å². The van der Waals surface area contributed by atoms with Crippen molar-refractivity contribution in [1.29, 1.82) is 0 Å². The summed E-state index contributed by atoms with van der Waals surface area (Å²) >= 11 is 0. The summed E-state index contributed by atoms with van der Waals surface area (Å²) in [4.78, 5) is 29.6. The molecule has 6 heteroatoms. The van der Waals surface area contributed by atoms with Crippen molar-refractivity contribution in [2.24, 2.45) is 0 Å². The van der Waals surface area contributed by atoms with E-state index in [2.05, 4.69) is 0 Å². The third-order valence-corrected chi connectivity index (χ3v) is 2.30. The van der Waals surface area contributed by atoms with E-state index in [4.69, 9.17) is 4.89 Å². The van der Waals surface area contributed by atoms with Gasteiger partial charge in [-0.15, -0.1) is 0 Å². The Balaban J connectivity index is 0.00000169. The SMILES string of the molecule is O=C(Cc1ccccc1)P(=O)([O-])O.[Na+]. The van der Waals surface area contributed by atoms with Crippen molar-refractivity contribution in [3.05, 3.63) is 35.9 Å². The van der Waals surface area contributed by atoms with Crippen molar-refractivity contribution in [3.8, 4) is 0 Å². The molecule has 14 heavy (non-hydrogen) atoms. The Kier molecular flexibility index (Phi) is 5.83. The second-order valence-electron chi connectivity index (χ2n) is 2.58. The first-order valence-corrected chi connectivity index (χ1v) is 5.19. The summed E-state index contributed by atoms with van der Waals surface area (Å²) in [5.41, 5.74) is -0.587. The number of carbonyl (C=O) groups excluding carboxylic acids is 1. The molecule has 0 bridgehead atoms. The van der Waals surface area contributed by atoms with Gasteiger partial charge in [-0.2, -0.15) is 0 Å². The van der Waals surface area contributed by atoms with E-state index in [1.165, 1.54) is 0 Å². The smallest absolute Gasteiger partial charge is 0.773 e. The van der Waals surface area contributed by atoms with Gasteiger partial charge < -0.3 is 14.4 Å². The molecule has 1 unspecified atom stereocenters. The Hall–Kier alpha value is 0.0400. The van der Waals surface area contributed by atoms with Gasteiger partial charge in [-0.25, -0.2) is 0 Å². The summed E-state index contributed by atoms with van der Waals surface area (Å²) in [7, 11) is -4.81. The number of rotatable bonds is 3. The largest absolute Gasteiger partial charge is 1.00 e. The van der Waals surface area contributed by atoms with Crippen molar-refractivity contribution < 1.29 is 48.7 Å². The fourth-order valence-electron chi connectivity index (χ4n) is 0.870. The minimum atomic E-state index is -4.81. The summed E-state index contributed by atoms with van der Waals surface area (Å²) in [5.74, 6) is 0. The molecule has 0 amide bonds. The third kappa shape index (κ3) is 4.51. The zero-order chi connectivity index (χ0) is 9.90. The van der Waals surface area contributed by atoms with Crippen molar-refractivity contribution >= 4 is 13.1 Å². The zero-order valence-electron chi connectivity index (χ0n) is 7.71. The van der Waals surface area contributed by atoms with E-state index in [1.54, 1.807) is 30.3 Å². The van der Waals surface area contributed by atoms with E-state index in [0.29, 0.717) is 5.56 Å². The monoisotopic (exact) mass is 222 g/mol. The number of hydrogen-bond acceptors (Lipinski definition) is 3. The molecule has 1 aromatic rings. The van der Waals surface area contributed by atoms with Gasteiger partial charge in [-0.05, 0) is 5.56 Å². The van der Waals surface area contributed by atoms with Crippen LogP contribution >= 0.6 is 7.60 Å². The first-order valence-electron chi connectivity index (χ1n) is 3.61. The molecule has 0 saturated heterocycles. The summed E-state index contributed by atoms with van der Waals surface area (Å²) in [6.45, 7) is 0. The first-order chi connectivity index (χ1) is 6.00. The molecule has 0 radical (unpaired) electrons. The van der Waals surface area contributed by atoms with Crippen LogP contribution in [0.3, 0.4) is 0 Å². The molecular weight excluding hydrogens is 214 g/mol. The molecule has 1 N–H and O–H groups in total. The Morgan fingerprint density at radius 1 is 1.36 bits per heavy atom. The molecule has 0 heterocycles. The van der Waals surface area contributed by atoms with E-state index < -0.39 is 13.1 Å². The number of carbonyl (C=O) groups is 1. The maximum absolute atomic E-state index is 10.8. The average molecular weight is 222 g/mol. The Labute approximate surface area is 104 Å². The fourth-order valence-corrected chi connectivity index (χ4v) is 1.25. The van der Waals surface area contributed by atoms with Gasteiger partial charge >= 0.3 is 29.6 Å². The topological polar surface area (TPSA) is 77.4 Å². The molecule has 70 valence electrons. The number of benzene rings is 1. The van der Waals surface area contributed by atoms with Crippen LogP contribution in [-0.2, 0) is 15.8 Å². The second kappa shape index (κ2) is 5.81. The van der Waals surface area contributed by atoms with Crippen LogP contribution in [0.2, 0.25) is 0 Å². The Morgan fingerprint density at radius 3 is 2.29 bits per heavy atom. The summed E-state index contributed by atoms with van der Waals surface area (Å²) in [5, 5.41) is 0. The molecule has 0 aromatic heterocycles. The van der Waals surface area contributed by atoms with Gasteiger partial charge in [0.1, 0.15) is 0 Å². The maximum Gasteiger partial charge on any atom is 1.00 e.